The van der Waals surface area contributed by atoms with Gasteiger partial charge in [0.05, 0.1) is 0 Å². The van der Waals surface area contributed by atoms with E-state index >= 15 is 0 Å². The summed E-state index contributed by atoms with van der Waals surface area (Å²) in [6.07, 6.45) is 0. The van der Waals surface area contributed by atoms with Crippen molar-refractivity contribution in [1.29, 1.82) is 0 Å². The molecule has 0 saturated carbocycles. The zero-order valence-corrected chi connectivity index (χ0v) is 15.4. The Morgan fingerprint density at radius 3 is 0.958 bits per heavy atom. The van der Waals surface area contributed by atoms with Gasteiger partial charge < -0.3 is 5.48 Å². The van der Waals surface area contributed by atoms with E-state index in [0.717, 1.165) is 0 Å². The van der Waals surface area contributed by atoms with E-state index in [1.54, 1.807) is 0 Å². The van der Waals surface area contributed by atoms with Gasteiger partial charge in [0.25, 0.3) is 0 Å². The van der Waals surface area contributed by atoms with E-state index in [1.165, 1.54) is 16.7 Å². The normalized spacial score (nSPS) is 11.6. The van der Waals surface area contributed by atoms with E-state index in [2.05, 4.69) is 111 Å². The molecule has 24 heavy (non-hydrogen) atoms. The highest BCUT2D eigenvalue weighted by Gasteiger charge is 2.52. The van der Waals surface area contributed by atoms with Crippen molar-refractivity contribution >= 4 is 7.26 Å². The van der Waals surface area contributed by atoms with Gasteiger partial charge in [-0.05, 0) is 0 Å². The molecule has 0 atom stereocenters. The third-order valence-electron chi connectivity index (χ3n) is 4.58. The van der Waals surface area contributed by atoms with E-state index in [-0.39, 0.29) is 10.6 Å². The van der Waals surface area contributed by atoms with Gasteiger partial charge in [0.2, 0.25) is 0 Å². The molecule has 0 aliphatic rings. The quantitative estimate of drug-likeness (QED) is 0.443. The fraction of sp³-hybridized carbons (Fsp3) is 0.182. The van der Waals surface area contributed by atoms with Gasteiger partial charge >= 0.3 is 0 Å². The molecule has 0 aliphatic carbocycles. The zero-order valence-electron chi connectivity index (χ0n) is 14.6. The highest BCUT2D eigenvalue weighted by atomic mass is 31.2. The first-order chi connectivity index (χ1) is 11.1. The summed E-state index contributed by atoms with van der Waals surface area (Å²) in [6, 6.07) is 33.0. The molecule has 0 saturated heterocycles. The van der Waals surface area contributed by atoms with Crippen LogP contribution in [0.5, 0.6) is 0 Å². The van der Waals surface area contributed by atoms with Crippen LogP contribution in [0.2, 0.25) is 0 Å². The molecule has 124 valence electrons. The summed E-state index contributed by atoms with van der Waals surface area (Å²) < 4.78 is 0. The highest BCUT2D eigenvalue weighted by Crippen LogP contribution is 2.70. The summed E-state index contributed by atoms with van der Waals surface area (Å²) in [5, 5.41) is -0.0726. The Bertz CT molecular complexity index is 650. The molecular weight excluding hydrogens is 311 g/mol. The van der Waals surface area contributed by atoms with Crippen LogP contribution in [-0.2, 0) is 5.16 Å². The molecule has 2 heteroatoms. The van der Waals surface area contributed by atoms with Crippen LogP contribution in [0, 0.1) is 0 Å². The first-order valence-electron chi connectivity index (χ1n) is 8.05. The van der Waals surface area contributed by atoms with Gasteiger partial charge in [-0.3, -0.25) is 0 Å². The van der Waals surface area contributed by atoms with Crippen molar-refractivity contribution in [2.75, 3.05) is 20.0 Å². The molecule has 0 amide bonds. The number of hydrogen-bond acceptors (Lipinski definition) is 1. The monoisotopic (exact) mass is 336 g/mol. The van der Waals surface area contributed by atoms with E-state index < -0.39 is 7.26 Å². The lowest BCUT2D eigenvalue weighted by atomic mass is 9.84. The van der Waals surface area contributed by atoms with Gasteiger partial charge in [0.1, 0.15) is 0 Å². The molecule has 0 aliphatic heterocycles. The molecule has 0 unspecified atom stereocenters. The Morgan fingerprint density at radius 1 is 0.500 bits per heavy atom. The number of benzene rings is 3. The van der Waals surface area contributed by atoms with Crippen molar-refractivity contribution in [3.05, 3.63) is 108 Å². The molecule has 1 nitrogen and oxygen atoms in total. The van der Waals surface area contributed by atoms with Crippen molar-refractivity contribution in [1.82, 2.24) is 0 Å². The van der Waals surface area contributed by atoms with E-state index in [0.29, 0.717) is 0 Å². The Kier molecular flexibility index (Phi) is 5.59. The van der Waals surface area contributed by atoms with Crippen LogP contribution in [0.1, 0.15) is 16.7 Å². The van der Waals surface area contributed by atoms with E-state index in [1.807, 2.05) is 0 Å². The Morgan fingerprint density at radius 2 is 0.750 bits per heavy atom. The fourth-order valence-electron chi connectivity index (χ4n) is 3.70. The van der Waals surface area contributed by atoms with E-state index in [9.17, 15) is 0 Å². The lowest BCUT2D eigenvalue weighted by Gasteiger charge is -2.40. The van der Waals surface area contributed by atoms with Gasteiger partial charge in [-0.15, -0.1) is 0 Å². The van der Waals surface area contributed by atoms with Crippen LogP contribution in [0.25, 0.3) is 0 Å². The lowest BCUT2D eigenvalue weighted by Crippen LogP contribution is -2.31. The molecule has 3 rings (SSSR count). The summed E-state index contributed by atoms with van der Waals surface area (Å²) in [4.78, 5) is 0. The molecule has 0 bridgehead atoms. The predicted molar refractivity (Wildman–Crippen MR) is 106 cm³/mol. The van der Waals surface area contributed by atoms with E-state index in [4.69, 9.17) is 0 Å². The average molecular weight is 336 g/mol. The largest absolute Gasteiger partial charge is 0.870 e. The molecule has 0 spiro atoms. The van der Waals surface area contributed by atoms with Crippen molar-refractivity contribution in [3.63, 3.8) is 0 Å². The minimum Gasteiger partial charge on any atom is -0.870 e. The standard InChI is InChI=1S/C22H24P.H2O/c1-23(2,3)22(19-13-7-4-8-14-19,20-15-9-5-10-16-20)21-17-11-6-12-18-21;/h4-18H,1-3H3;1H2/q+1;/p-1. The van der Waals surface area contributed by atoms with Gasteiger partial charge in [-0.25, -0.2) is 0 Å². The second kappa shape index (κ2) is 7.30. The molecule has 3 aromatic carbocycles. The summed E-state index contributed by atoms with van der Waals surface area (Å²) in [5.74, 6) is 0. The van der Waals surface area contributed by atoms with Gasteiger partial charge in [0, 0.05) is 43.9 Å². The van der Waals surface area contributed by atoms with Crippen molar-refractivity contribution in [2.24, 2.45) is 0 Å². The molecule has 0 aromatic heterocycles. The van der Waals surface area contributed by atoms with Crippen molar-refractivity contribution in [2.45, 2.75) is 5.16 Å². The second-order valence-corrected chi connectivity index (χ2v) is 11.5. The average Bonchev–Trinajstić information content (AvgIpc) is 2.57. The maximum Gasteiger partial charge on any atom is 0.153 e. The molecule has 3 aromatic rings. The predicted octanol–water partition coefficient (Wildman–Crippen LogP) is 5.71. The van der Waals surface area contributed by atoms with Crippen LogP contribution in [0.4, 0.5) is 0 Å². The maximum absolute atomic E-state index is 2.44. The number of hydrogen-bond donors (Lipinski definition) is 0. The third kappa shape index (κ3) is 3.02. The smallest absolute Gasteiger partial charge is 0.153 e. The molecule has 1 N–H and O–H groups in total. The third-order valence-corrected chi connectivity index (χ3v) is 7.37. The Labute approximate surface area is 146 Å². The zero-order chi connectivity index (χ0) is 16.3. The highest BCUT2D eigenvalue weighted by molar-refractivity contribution is 7.75. The van der Waals surface area contributed by atoms with Crippen molar-refractivity contribution in [3.8, 4) is 0 Å². The molecule has 0 radical (unpaired) electrons. The Balaban J connectivity index is 0.00000208. The number of rotatable bonds is 4. The van der Waals surface area contributed by atoms with Crippen molar-refractivity contribution < 1.29 is 5.48 Å². The minimum absolute atomic E-state index is 0. The second-order valence-electron chi connectivity index (χ2n) is 6.82. The summed E-state index contributed by atoms with van der Waals surface area (Å²) in [7, 11) is -1.32. The van der Waals surface area contributed by atoms with Crippen LogP contribution in [0.3, 0.4) is 0 Å². The molecule has 0 fully saturated rings. The summed E-state index contributed by atoms with van der Waals surface area (Å²) in [5.41, 5.74) is 4.16. The van der Waals surface area contributed by atoms with Crippen LogP contribution in [-0.4, -0.2) is 25.5 Å². The van der Waals surface area contributed by atoms with Gasteiger partial charge in [-0.2, -0.15) is 0 Å². The van der Waals surface area contributed by atoms with Crippen LogP contribution >= 0.6 is 7.26 Å². The van der Waals surface area contributed by atoms with Gasteiger partial charge in [-0.1, -0.05) is 91.0 Å². The first kappa shape index (κ1) is 18.4. The minimum atomic E-state index is -1.32. The lowest BCUT2D eigenvalue weighted by molar-refractivity contribution is 0.824. The maximum atomic E-state index is 2.44. The summed E-state index contributed by atoms with van der Waals surface area (Å²) >= 11 is 0. The van der Waals surface area contributed by atoms with Crippen LogP contribution < -0.4 is 0 Å². The molecular formula is C22H25OP. The first-order valence-corrected chi connectivity index (χ1v) is 11.2. The SMILES string of the molecule is C[P+](C)(C)C(c1ccccc1)(c1ccccc1)c1ccccc1.[OH-]. The van der Waals surface area contributed by atoms with Gasteiger partial charge in [0.15, 0.2) is 5.16 Å². The van der Waals surface area contributed by atoms with Crippen LogP contribution in [0.15, 0.2) is 91.0 Å². The Hall–Kier alpha value is -1.95. The topological polar surface area (TPSA) is 30.0 Å². The fourth-order valence-corrected chi connectivity index (χ4v) is 6.47. The summed E-state index contributed by atoms with van der Waals surface area (Å²) in [6.45, 7) is 7.33. The molecule has 0 heterocycles.